The van der Waals surface area contributed by atoms with Gasteiger partial charge in [0.2, 0.25) is 0 Å². The van der Waals surface area contributed by atoms with Crippen LogP contribution in [0.25, 0.3) is 0 Å². The van der Waals surface area contributed by atoms with Gasteiger partial charge >= 0.3 is 0 Å². The van der Waals surface area contributed by atoms with E-state index in [0.29, 0.717) is 0 Å². The van der Waals surface area contributed by atoms with Gasteiger partial charge in [-0.25, -0.2) is 4.98 Å². The second kappa shape index (κ2) is 12.6. The third kappa shape index (κ3) is 8.81. The number of aromatic nitrogens is 2. The third-order valence-electron chi connectivity index (χ3n) is 4.81. The van der Waals surface area contributed by atoms with Crippen LogP contribution in [-0.4, -0.2) is 4.98 Å². The maximum atomic E-state index is 4.54. The Bertz CT molecular complexity index is 565. The summed E-state index contributed by atoms with van der Waals surface area (Å²) in [7, 11) is 0. The maximum Gasteiger partial charge on any atom is 0.190 e. The first-order valence-corrected chi connectivity index (χ1v) is 10.3. The van der Waals surface area contributed by atoms with Crippen LogP contribution >= 0.6 is 0 Å². The van der Waals surface area contributed by atoms with E-state index in [1.807, 2.05) is 6.20 Å². The molecule has 0 amide bonds. The summed E-state index contributed by atoms with van der Waals surface area (Å²) >= 11 is 0. The molecule has 0 radical (unpaired) electrons. The predicted octanol–water partition coefficient (Wildman–Crippen LogP) is 5.88. The molecule has 0 aliphatic carbocycles. The van der Waals surface area contributed by atoms with E-state index in [9.17, 15) is 0 Å². The molecule has 25 heavy (non-hydrogen) atoms. The Kier molecular flexibility index (Phi) is 9.92. The largest absolute Gasteiger partial charge is 0.249 e. The van der Waals surface area contributed by atoms with Crippen molar-refractivity contribution in [2.75, 3.05) is 0 Å². The highest BCUT2D eigenvalue weighted by molar-refractivity contribution is 5.13. The van der Waals surface area contributed by atoms with E-state index in [-0.39, 0.29) is 0 Å². The molecule has 1 aromatic carbocycles. The number of rotatable bonds is 13. The van der Waals surface area contributed by atoms with E-state index in [4.69, 9.17) is 0 Å². The lowest BCUT2D eigenvalue weighted by atomic mass is 10.1. The molecule has 0 fully saturated rings. The lowest BCUT2D eigenvalue weighted by Crippen LogP contribution is -2.34. The molecule has 0 bridgehead atoms. The van der Waals surface area contributed by atoms with Gasteiger partial charge in [0, 0.05) is 5.56 Å². The zero-order chi connectivity index (χ0) is 17.6. The van der Waals surface area contributed by atoms with Crippen molar-refractivity contribution in [1.82, 2.24) is 4.98 Å². The van der Waals surface area contributed by atoms with E-state index >= 15 is 0 Å². The van der Waals surface area contributed by atoms with Crippen molar-refractivity contribution >= 4 is 0 Å². The van der Waals surface area contributed by atoms with Crippen LogP contribution in [-0.2, 0) is 13.0 Å². The van der Waals surface area contributed by atoms with Crippen LogP contribution in [0.4, 0.5) is 0 Å². The van der Waals surface area contributed by atoms with E-state index in [0.717, 1.165) is 13.0 Å². The highest BCUT2D eigenvalue weighted by atomic mass is 15.0. The second-order valence-corrected chi connectivity index (χ2v) is 7.14. The molecule has 0 aliphatic heterocycles. The third-order valence-corrected chi connectivity index (χ3v) is 4.81. The molecule has 0 saturated carbocycles. The molecule has 2 nitrogen and oxygen atoms in total. The first-order chi connectivity index (χ1) is 12.4. The summed E-state index contributed by atoms with van der Waals surface area (Å²) in [6.45, 7) is 3.21. The summed E-state index contributed by atoms with van der Waals surface area (Å²) in [6, 6.07) is 10.6. The van der Waals surface area contributed by atoms with Crippen molar-refractivity contribution in [3.8, 4) is 0 Å². The van der Waals surface area contributed by atoms with Gasteiger partial charge in [-0.15, -0.1) is 0 Å². The van der Waals surface area contributed by atoms with Gasteiger partial charge in [0.25, 0.3) is 0 Å². The molecule has 136 valence electrons. The van der Waals surface area contributed by atoms with Crippen molar-refractivity contribution in [2.45, 2.75) is 84.1 Å². The van der Waals surface area contributed by atoms with Gasteiger partial charge < -0.3 is 0 Å². The fraction of sp³-hybridized carbons (Fsp3) is 0.565. The topological polar surface area (TPSA) is 16.8 Å². The van der Waals surface area contributed by atoms with Gasteiger partial charge in [-0.1, -0.05) is 95.0 Å². The number of aryl methyl sites for hydroxylation is 1. The first-order valence-electron chi connectivity index (χ1n) is 10.3. The van der Waals surface area contributed by atoms with Crippen LogP contribution in [0, 0.1) is 0 Å². The first kappa shape index (κ1) is 19.6. The lowest BCUT2D eigenvalue weighted by Gasteiger charge is -2.03. The Morgan fingerprint density at radius 1 is 0.800 bits per heavy atom. The van der Waals surface area contributed by atoms with E-state index in [1.54, 1.807) is 0 Å². The number of unbranched alkanes of at least 4 members (excludes halogenated alkanes) is 9. The zero-order valence-electron chi connectivity index (χ0n) is 16.0. The molecule has 0 saturated heterocycles. The molecule has 2 rings (SSSR count). The second-order valence-electron chi connectivity index (χ2n) is 7.14. The Morgan fingerprint density at radius 2 is 1.44 bits per heavy atom. The highest BCUT2D eigenvalue weighted by Gasteiger charge is 2.05. The number of nitrogens with zero attached hydrogens (tertiary/aromatic N) is 2. The Morgan fingerprint density at radius 3 is 2.12 bits per heavy atom. The SMILES string of the molecule is CCCCCCCCCCCCc1c[n+](Cc2ccccc2)ccn1. The van der Waals surface area contributed by atoms with Crippen LogP contribution in [0.1, 0.15) is 82.4 Å². The van der Waals surface area contributed by atoms with Gasteiger partial charge in [0.05, 0.1) is 6.20 Å². The zero-order valence-corrected chi connectivity index (χ0v) is 16.0. The molecular weight excluding hydrogens is 304 g/mol. The summed E-state index contributed by atoms with van der Waals surface area (Å²) in [5, 5.41) is 0. The summed E-state index contributed by atoms with van der Waals surface area (Å²) in [5.41, 5.74) is 2.56. The summed E-state index contributed by atoms with van der Waals surface area (Å²) in [5.74, 6) is 0. The Hall–Kier alpha value is -1.70. The van der Waals surface area contributed by atoms with Crippen molar-refractivity contribution < 1.29 is 4.57 Å². The van der Waals surface area contributed by atoms with Gasteiger partial charge in [-0.2, -0.15) is 4.57 Å². The molecule has 1 heterocycles. The normalized spacial score (nSPS) is 10.9. The molecule has 0 unspecified atom stereocenters. The smallest absolute Gasteiger partial charge is 0.190 e. The predicted molar refractivity (Wildman–Crippen MR) is 106 cm³/mol. The average molecular weight is 340 g/mol. The minimum absolute atomic E-state index is 0.925. The van der Waals surface area contributed by atoms with Crippen molar-refractivity contribution in [3.63, 3.8) is 0 Å². The number of benzene rings is 1. The summed E-state index contributed by atoms with van der Waals surface area (Å²) < 4.78 is 2.24. The van der Waals surface area contributed by atoms with E-state index in [2.05, 4.69) is 59.2 Å². The molecule has 0 atom stereocenters. The van der Waals surface area contributed by atoms with Crippen LogP contribution in [0.15, 0.2) is 48.9 Å². The highest BCUT2D eigenvalue weighted by Crippen LogP contribution is 2.11. The molecule has 2 heteroatoms. The minimum Gasteiger partial charge on any atom is -0.249 e. The van der Waals surface area contributed by atoms with Crippen molar-refractivity contribution in [3.05, 3.63) is 60.2 Å². The Labute approximate surface area is 154 Å². The molecule has 0 aliphatic rings. The van der Waals surface area contributed by atoms with Crippen LogP contribution in [0.5, 0.6) is 0 Å². The van der Waals surface area contributed by atoms with Crippen LogP contribution in [0.2, 0.25) is 0 Å². The molecule has 2 aromatic rings. The van der Waals surface area contributed by atoms with Crippen LogP contribution in [0.3, 0.4) is 0 Å². The minimum atomic E-state index is 0.925. The van der Waals surface area contributed by atoms with Gasteiger partial charge in [-0.05, 0) is 12.8 Å². The summed E-state index contributed by atoms with van der Waals surface area (Å²) in [6.07, 6.45) is 21.2. The lowest BCUT2D eigenvalue weighted by molar-refractivity contribution is -0.689. The fourth-order valence-corrected chi connectivity index (χ4v) is 3.30. The van der Waals surface area contributed by atoms with Crippen molar-refractivity contribution in [1.29, 1.82) is 0 Å². The van der Waals surface area contributed by atoms with E-state index in [1.165, 1.54) is 75.5 Å². The summed E-state index contributed by atoms with van der Waals surface area (Å²) in [4.78, 5) is 4.54. The standard InChI is InChI=1S/C23H35N2/c1-2-3-4-5-6-7-8-9-10-14-17-23-21-25(19-18-24-23)20-22-15-12-11-13-16-22/h11-13,15-16,18-19,21H,2-10,14,17,20H2,1H3/q+1. The molecule has 1 aromatic heterocycles. The fourth-order valence-electron chi connectivity index (χ4n) is 3.30. The van der Waals surface area contributed by atoms with Crippen LogP contribution < -0.4 is 4.57 Å². The van der Waals surface area contributed by atoms with Gasteiger partial charge in [0.1, 0.15) is 5.69 Å². The molecular formula is C23H35N2+. The van der Waals surface area contributed by atoms with Crippen molar-refractivity contribution in [2.24, 2.45) is 0 Å². The Balaban J connectivity index is 1.58. The average Bonchev–Trinajstić information content (AvgIpc) is 2.64. The van der Waals surface area contributed by atoms with E-state index < -0.39 is 0 Å². The van der Waals surface area contributed by atoms with Gasteiger partial charge in [-0.3, -0.25) is 0 Å². The number of hydrogen-bond acceptors (Lipinski definition) is 1. The number of hydrogen-bond donors (Lipinski definition) is 0. The van der Waals surface area contributed by atoms with Gasteiger partial charge in [0.15, 0.2) is 18.9 Å². The molecule has 0 N–H and O–H groups in total. The monoisotopic (exact) mass is 339 g/mol. The quantitative estimate of drug-likeness (QED) is 0.329. The molecule has 0 spiro atoms. The maximum absolute atomic E-state index is 4.54.